The minimum atomic E-state index is -0.270. The topological polar surface area (TPSA) is 80.7 Å². The summed E-state index contributed by atoms with van der Waals surface area (Å²) in [5.74, 6) is -0.415. The number of hydrogen-bond acceptors (Lipinski definition) is 3. The van der Waals surface area contributed by atoms with E-state index in [2.05, 4.69) is 4.98 Å². The Hall–Kier alpha value is -2.37. The first-order valence-electron chi connectivity index (χ1n) is 7.51. The zero-order chi connectivity index (χ0) is 15.9. The summed E-state index contributed by atoms with van der Waals surface area (Å²) < 4.78 is 1.85. The van der Waals surface area contributed by atoms with E-state index in [1.54, 1.807) is 4.90 Å². The summed E-state index contributed by atoms with van der Waals surface area (Å²) in [5.41, 5.74) is 8.53. The summed E-state index contributed by atoms with van der Waals surface area (Å²) in [6, 6.07) is 3.90. The fraction of sp³-hybridized carbons (Fsp3) is 0.438. The van der Waals surface area contributed by atoms with Crippen LogP contribution in [0.25, 0.3) is 5.65 Å². The molecule has 0 aliphatic carbocycles. The van der Waals surface area contributed by atoms with Gasteiger partial charge in [0.15, 0.2) is 0 Å². The molecule has 116 valence electrons. The number of primary amides is 1. The third-order valence-corrected chi connectivity index (χ3v) is 4.33. The first kappa shape index (κ1) is 14.6. The molecule has 3 heterocycles. The van der Waals surface area contributed by atoms with Crippen molar-refractivity contribution >= 4 is 17.5 Å². The summed E-state index contributed by atoms with van der Waals surface area (Å²) in [6.07, 6.45) is 3.20. The van der Waals surface area contributed by atoms with E-state index in [0.29, 0.717) is 31.6 Å². The van der Waals surface area contributed by atoms with E-state index in [0.717, 1.165) is 16.9 Å². The van der Waals surface area contributed by atoms with Crippen molar-refractivity contribution in [1.29, 1.82) is 0 Å². The Balaban J connectivity index is 1.88. The summed E-state index contributed by atoms with van der Waals surface area (Å²) in [7, 11) is 0. The second-order valence-corrected chi connectivity index (χ2v) is 5.95. The first-order chi connectivity index (χ1) is 10.5. The second kappa shape index (κ2) is 5.44. The van der Waals surface area contributed by atoms with Gasteiger partial charge >= 0.3 is 0 Å². The van der Waals surface area contributed by atoms with Crippen LogP contribution >= 0.6 is 0 Å². The summed E-state index contributed by atoms with van der Waals surface area (Å²) >= 11 is 0. The minimum Gasteiger partial charge on any atom is -0.369 e. The Kier molecular flexibility index (Phi) is 3.60. The van der Waals surface area contributed by atoms with Gasteiger partial charge in [-0.15, -0.1) is 0 Å². The lowest BCUT2D eigenvalue weighted by atomic mass is 9.96. The van der Waals surface area contributed by atoms with Crippen molar-refractivity contribution in [2.45, 2.75) is 26.7 Å². The average molecular weight is 300 g/mol. The number of pyridine rings is 1. The molecule has 0 unspecified atom stereocenters. The molecule has 1 fully saturated rings. The van der Waals surface area contributed by atoms with Crippen molar-refractivity contribution in [3.63, 3.8) is 0 Å². The Labute approximate surface area is 128 Å². The molecule has 0 radical (unpaired) electrons. The third kappa shape index (κ3) is 2.45. The van der Waals surface area contributed by atoms with Crippen molar-refractivity contribution in [2.75, 3.05) is 13.1 Å². The Bertz CT molecular complexity index is 742. The number of nitrogens with zero attached hydrogens (tertiary/aromatic N) is 3. The number of fused-ring (bicyclic) bond motifs is 1. The molecule has 1 aliphatic heterocycles. The minimum absolute atomic E-state index is 0.0291. The zero-order valence-electron chi connectivity index (χ0n) is 12.9. The highest BCUT2D eigenvalue weighted by molar-refractivity contribution is 5.95. The van der Waals surface area contributed by atoms with Crippen LogP contribution in [0.15, 0.2) is 18.3 Å². The number of rotatable bonds is 2. The zero-order valence-corrected chi connectivity index (χ0v) is 12.9. The fourth-order valence-corrected chi connectivity index (χ4v) is 3.04. The number of aromatic nitrogens is 2. The molecule has 6 heteroatoms. The number of carbonyl (C=O) groups excluding carboxylic acids is 2. The van der Waals surface area contributed by atoms with Crippen LogP contribution in [0.4, 0.5) is 0 Å². The van der Waals surface area contributed by atoms with E-state index in [-0.39, 0.29) is 17.7 Å². The lowest BCUT2D eigenvalue weighted by molar-refractivity contribution is -0.123. The Morgan fingerprint density at radius 1 is 1.23 bits per heavy atom. The molecule has 2 aromatic heterocycles. The molecule has 6 nitrogen and oxygen atoms in total. The Morgan fingerprint density at radius 3 is 2.55 bits per heavy atom. The van der Waals surface area contributed by atoms with Crippen LogP contribution in [-0.2, 0) is 4.79 Å². The SMILES string of the molecule is Cc1ccc2nc(C)c(C(=O)N3CCC(C(N)=O)CC3)n2c1. The van der Waals surface area contributed by atoms with Gasteiger partial charge < -0.3 is 10.6 Å². The van der Waals surface area contributed by atoms with Crippen molar-refractivity contribution < 1.29 is 9.59 Å². The number of nitrogens with two attached hydrogens (primary N) is 1. The van der Waals surface area contributed by atoms with Crippen molar-refractivity contribution in [2.24, 2.45) is 11.7 Å². The number of carbonyl (C=O) groups is 2. The van der Waals surface area contributed by atoms with Crippen LogP contribution in [-0.4, -0.2) is 39.2 Å². The molecule has 1 saturated heterocycles. The van der Waals surface area contributed by atoms with Gasteiger partial charge in [-0.05, 0) is 38.3 Å². The van der Waals surface area contributed by atoms with E-state index in [1.165, 1.54) is 0 Å². The van der Waals surface area contributed by atoms with E-state index < -0.39 is 0 Å². The molecule has 2 aromatic rings. The molecule has 0 atom stereocenters. The van der Waals surface area contributed by atoms with Gasteiger partial charge in [0.1, 0.15) is 11.3 Å². The molecular weight excluding hydrogens is 280 g/mol. The highest BCUT2D eigenvalue weighted by atomic mass is 16.2. The Morgan fingerprint density at radius 2 is 1.91 bits per heavy atom. The second-order valence-electron chi connectivity index (χ2n) is 5.95. The van der Waals surface area contributed by atoms with Gasteiger partial charge in [-0.25, -0.2) is 4.98 Å². The number of piperidine rings is 1. The molecule has 1 aliphatic rings. The number of hydrogen-bond donors (Lipinski definition) is 1. The molecular formula is C16H20N4O2. The van der Waals surface area contributed by atoms with E-state index in [9.17, 15) is 9.59 Å². The van der Waals surface area contributed by atoms with Crippen molar-refractivity contribution in [1.82, 2.24) is 14.3 Å². The normalized spacial score (nSPS) is 16.2. The van der Waals surface area contributed by atoms with Crippen LogP contribution in [0, 0.1) is 19.8 Å². The highest BCUT2D eigenvalue weighted by Crippen LogP contribution is 2.21. The summed E-state index contributed by atoms with van der Waals surface area (Å²) in [6.45, 7) is 4.96. The molecule has 0 spiro atoms. The monoisotopic (exact) mass is 300 g/mol. The first-order valence-corrected chi connectivity index (χ1v) is 7.51. The predicted octanol–water partition coefficient (Wildman–Crippen LogP) is 1.29. The summed E-state index contributed by atoms with van der Waals surface area (Å²) in [5, 5.41) is 0. The predicted molar refractivity (Wildman–Crippen MR) is 82.5 cm³/mol. The highest BCUT2D eigenvalue weighted by Gasteiger charge is 2.28. The molecule has 0 bridgehead atoms. The van der Waals surface area contributed by atoms with Gasteiger partial charge in [0.25, 0.3) is 5.91 Å². The van der Waals surface area contributed by atoms with Crippen LogP contribution in [0.3, 0.4) is 0 Å². The van der Waals surface area contributed by atoms with Crippen LogP contribution in [0.2, 0.25) is 0 Å². The molecule has 2 amide bonds. The number of amides is 2. The van der Waals surface area contributed by atoms with Gasteiger partial charge in [-0.2, -0.15) is 0 Å². The summed E-state index contributed by atoms with van der Waals surface area (Å²) in [4.78, 5) is 30.3. The molecule has 2 N–H and O–H groups in total. The van der Waals surface area contributed by atoms with Crippen molar-refractivity contribution in [3.05, 3.63) is 35.3 Å². The van der Waals surface area contributed by atoms with Crippen molar-refractivity contribution in [3.8, 4) is 0 Å². The number of likely N-dealkylation sites (tertiary alicyclic amines) is 1. The quantitative estimate of drug-likeness (QED) is 0.907. The van der Waals surface area contributed by atoms with Crippen LogP contribution < -0.4 is 5.73 Å². The van der Waals surface area contributed by atoms with Gasteiger partial charge in [0.2, 0.25) is 5.91 Å². The lowest BCUT2D eigenvalue weighted by Gasteiger charge is -2.30. The fourth-order valence-electron chi connectivity index (χ4n) is 3.04. The molecule has 0 saturated carbocycles. The van der Waals surface area contributed by atoms with Gasteiger partial charge in [0, 0.05) is 25.2 Å². The maximum Gasteiger partial charge on any atom is 0.272 e. The lowest BCUT2D eigenvalue weighted by Crippen LogP contribution is -2.42. The van der Waals surface area contributed by atoms with E-state index in [4.69, 9.17) is 5.73 Å². The number of imidazole rings is 1. The van der Waals surface area contributed by atoms with Gasteiger partial charge in [0.05, 0.1) is 5.69 Å². The molecule has 0 aromatic carbocycles. The van der Waals surface area contributed by atoms with Gasteiger partial charge in [-0.3, -0.25) is 14.0 Å². The average Bonchev–Trinajstić information content (AvgIpc) is 2.82. The standard InChI is InChI=1S/C16H20N4O2/c1-10-3-4-13-18-11(2)14(20(13)9-10)16(22)19-7-5-12(6-8-19)15(17)21/h3-4,9,12H,5-8H2,1-2H3,(H2,17,21). The molecule has 3 rings (SSSR count). The smallest absolute Gasteiger partial charge is 0.272 e. The maximum absolute atomic E-state index is 12.8. The molecule has 22 heavy (non-hydrogen) atoms. The van der Waals surface area contributed by atoms with E-state index >= 15 is 0 Å². The number of aryl methyl sites for hydroxylation is 2. The van der Waals surface area contributed by atoms with E-state index in [1.807, 2.05) is 36.6 Å². The van der Waals surface area contributed by atoms with Crippen LogP contribution in [0.5, 0.6) is 0 Å². The maximum atomic E-state index is 12.8. The van der Waals surface area contributed by atoms with Crippen LogP contribution in [0.1, 0.15) is 34.6 Å². The largest absolute Gasteiger partial charge is 0.369 e. The third-order valence-electron chi connectivity index (χ3n) is 4.33. The van der Waals surface area contributed by atoms with Gasteiger partial charge in [-0.1, -0.05) is 6.07 Å².